The summed E-state index contributed by atoms with van der Waals surface area (Å²) in [4.78, 5) is 22.8. The molecule has 1 fully saturated rings. The number of aryl methyl sites for hydroxylation is 1. The second-order valence-corrected chi connectivity index (χ2v) is 6.42. The molecule has 0 aliphatic carbocycles. The molecule has 3 rings (SSSR count). The van der Waals surface area contributed by atoms with Crippen molar-refractivity contribution in [1.29, 1.82) is 0 Å². The Morgan fingerprint density at radius 1 is 1.29 bits per heavy atom. The first-order valence-corrected chi connectivity index (χ1v) is 8.43. The molecule has 1 saturated heterocycles. The van der Waals surface area contributed by atoms with Crippen molar-refractivity contribution in [2.45, 2.75) is 32.2 Å². The summed E-state index contributed by atoms with van der Waals surface area (Å²) in [6, 6.07) is 9.97. The summed E-state index contributed by atoms with van der Waals surface area (Å²) < 4.78 is 0. The van der Waals surface area contributed by atoms with E-state index in [0.717, 1.165) is 42.8 Å². The van der Waals surface area contributed by atoms with Crippen LogP contribution in [0.2, 0.25) is 0 Å². The molecule has 0 aromatic carbocycles. The molecule has 1 N–H and O–H groups in total. The zero-order valence-electron chi connectivity index (χ0n) is 13.9. The van der Waals surface area contributed by atoms with Gasteiger partial charge in [0.2, 0.25) is 0 Å². The van der Waals surface area contributed by atoms with E-state index in [4.69, 9.17) is 0 Å². The number of carbonyl (C=O) groups is 1. The Balaban J connectivity index is 1.90. The Bertz CT molecular complexity index is 690. The zero-order valence-corrected chi connectivity index (χ0v) is 13.9. The van der Waals surface area contributed by atoms with Gasteiger partial charge in [0.1, 0.15) is 0 Å². The van der Waals surface area contributed by atoms with Gasteiger partial charge in [-0.3, -0.25) is 19.7 Å². The molecule has 0 amide bonds. The largest absolute Gasteiger partial charge is 0.481 e. The normalized spacial score (nSPS) is 19.8. The van der Waals surface area contributed by atoms with Crippen LogP contribution in [-0.2, 0) is 11.2 Å². The van der Waals surface area contributed by atoms with Crippen LogP contribution in [0.1, 0.15) is 35.8 Å². The van der Waals surface area contributed by atoms with Crippen LogP contribution in [0.15, 0.2) is 42.7 Å². The lowest BCUT2D eigenvalue weighted by Crippen LogP contribution is -2.42. The monoisotopic (exact) mass is 325 g/mol. The van der Waals surface area contributed by atoms with Crippen LogP contribution < -0.4 is 0 Å². The van der Waals surface area contributed by atoms with Crippen LogP contribution in [0.3, 0.4) is 0 Å². The minimum atomic E-state index is -0.700. The van der Waals surface area contributed by atoms with Crippen LogP contribution in [0.5, 0.6) is 0 Å². The number of hydrogen-bond acceptors (Lipinski definition) is 4. The predicted molar refractivity (Wildman–Crippen MR) is 91.6 cm³/mol. The average Bonchev–Trinajstić information content (AvgIpc) is 2.61. The number of aromatic nitrogens is 2. The van der Waals surface area contributed by atoms with Gasteiger partial charge in [0, 0.05) is 31.1 Å². The minimum absolute atomic E-state index is 0.0586. The summed E-state index contributed by atoms with van der Waals surface area (Å²) in [5.41, 5.74) is 3.16. The van der Waals surface area contributed by atoms with Gasteiger partial charge < -0.3 is 5.11 Å². The first-order valence-electron chi connectivity index (χ1n) is 8.43. The number of piperidine rings is 1. The third kappa shape index (κ3) is 3.79. The summed E-state index contributed by atoms with van der Waals surface area (Å²) >= 11 is 0. The van der Waals surface area contributed by atoms with E-state index in [0.29, 0.717) is 6.54 Å². The van der Waals surface area contributed by atoms with Crippen molar-refractivity contribution in [2.75, 3.05) is 13.1 Å². The van der Waals surface area contributed by atoms with E-state index in [1.807, 2.05) is 30.5 Å². The third-order valence-electron chi connectivity index (χ3n) is 4.74. The molecule has 2 unspecified atom stereocenters. The molecule has 3 heterocycles. The minimum Gasteiger partial charge on any atom is -0.481 e. The molecule has 1 aliphatic rings. The van der Waals surface area contributed by atoms with Gasteiger partial charge >= 0.3 is 5.97 Å². The highest BCUT2D eigenvalue weighted by Crippen LogP contribution is 2.30. The van der Waals surface area contributed by atoms with E-state index in [-0.39, 0.29) is 12.0 Å². The van der Waals surface area contributed by atoms with Crippen molar-refractivity contribution < 1.29 is 9.90 Å². The van der Waals surface area contributed by atoms with E-state index in [1.54, 1.807) is 6.20 Å². The Morgan fingerprint density at radius 2 is 2.12 bits per heavy atom. The Morgan fingerprint density at radius 3 is 2.83 bits per heavy atom. The first-order chi connectivity index (χ1) is 11.6. The quantitative estimate of drug-likeness (QED) is 0.915. The van der Waals surface area contributed by atoms with Crippen molar-refractivity contribution >= 4 is 5.97 Å². The second-order valence-electron chi connectivity index (χ2n) is 6.42. The number of pyridine rings is 2. The fraction of sp³-hybridized carbons (Fsp3) is 0.421. The van der Waals surface area contributed by atoms with E-state index in [1.165, 1.54) is 0 Å². The summed E-state index contributed by atoms with van der Waals surface area (Å²) in [6.07, 6.45) is 6.01. The molecular formula is C19H23N3O2. The number of aliphatic carboxylic acids is 1. The van der Waals surface area contributed by atoms with Gasteiger partial charge in [-0.1, -0.05) is 12.1 Å². The summed E-state index contributed by atoms with van der Waals surface area (Å²) in [7, 11) is 0. The average molecular weight is 325 g/mol. The second kappa shape index (κ2) is 7.53. The number of hydrogen-bond donors (Lipinski definition) is 1. The number of carboxylic acid groups (broad SMARTS) is 1. The molecular weight excluding hydrogens is 302 g/mol. The fourth-order valence-corrected chi connectivity index (χ4v) is 3.45. The van der Waals surface area contributed by atoms with Crippen molar-refractivity contribution in [3.63, 3.8) is 0 Å². The Kier molecular flexibility index (Phi) is 5.20. The Labute approximate surface area is 142 Å². The molecule has 0 bridgehead atoms. The lowest BCUT2D eigenvalue weighted by Gasteiger charge is -2.37. The standard InChI is InChI=1S/C19H23N3O2/c1-14-6-4-10-21-18(14)17(12-16-8-2-3-9-20-16)22-11-5-7-15(13-22)19(23)24/h2-4,6,8-10,15,17H,5,7,11-13H2,1H3,(H,23,24). The van der Waals surface area contributed by atoms with E-state index in [9.17, 15) is 9.90 Å². The molecule has 1 aliphatic heterocycles. The van der Waals surface area contributed by atoms with E-state index >= 15 is 0 Å². The van der Waals surface area contributed by atoms with Crippen LogP contribution >= 0.6 is 0 Å². The van der Waals surface area contributed by atoms with Gasteiger partial charge in [0.05, 0.1) is 17.7 Å². The fourth-order valence-electron chi connectivity index (χ4n) is 3.45. The molecule has 24 heavy (non-hydrogen) atoms. The molecule has 5 heteroatoms. The van der Waals surface area contributed by atoms with Crippen molar-refractivity contribution in [3.8, 4) is 0 Å². The van der Waals surface area contributed by atoms with Crippen LogP contribution in [0.4, 0.5) is 0 Å². The molecule has 2 aromatic heterocycles. The number of rotatable bonds is 5. The number of carboxylic acids is 1. The maximum atomic E-state index is 11.4. The molecule has 126 valence electrons. The highest BCUT2D eigenvalue weighted by molar-refractivity contribution is 5.70. The molecule has 0 radical (unpaired) electrons. The number of likely N-dealkylation sites (tertiary alicyclic amines) is 1. The predicted octanol–water partition coefficient (Wildman–Crippen LogP) is 2.87. The SMILES string of the molecule is Cc1cccnc1C(Cc1ccccn1)N1CCCC(C(=O)O)C1. The third-order valence-corrected chi connectivity index (χ3v) is 4.74. The van der Waals surface area contributed by atoms with Gasteiger partial charge in [0.25, 0.3) is 0 Å². The smallest absolute Gasteiger partial charge is 0.307 e. The lowest BCUT2D eigenvalue weighted by molar-refractivity contribution is -0.144. The van der Waals surface area contributed by atoms with Crippen molar-refractivity contribution in [3.05, 3.63) is 59.7 Å². The van der Waals surface area contributed by atoms with Crippen LogP contribution in [0, 0.1) is 12.8 Å². The van der Waals surface area contributed by atoms with Crippen LogP contribution in [-0.4, -0.2) is 39.0 Å². The van der Waals surface area contributed by atoms with Crippen LogP contribution in [0.25, 0.3) is 0 Å². The lowest BCUT2D eigenvalue weighted by atomic mass is 9.93. The van der Waals surface area contributed by atoms with Crippen molar-refractivity contribution in [1.82, 2.24) is 14.9 Å². The maximum absolute atomic E-state index is 11.4. The summed E-state index contributed by atoms with van der Waals surface area (Å²) in [5, 5.41) is 9.40. The highest BCUT2D eigenvalue weighted by Gasteiger charge is 2.31. The van der Waals surface area contributed by atoms with Gasteiger partial charge in [0.15, 0.2) is 0 Å². The molecule has 5 nitrogen and oxygen atoms in total. The van der Waals surface area contributed by atoms with Gasteiger partial charge in [-0.25, -0.2) is 0 Å². The van der Waals surface area contributed by atoms with Crippen molar-refractivity contribution in [2.24, 2.45) is 5.92 Å². The molecule has 2 aromatic rings. The van der Waals surface area contributed by atoms with E-state index in [2.05, 4.69) is 27.9 Å². The first kappa shape index (κ1) is 16.6. The number of nitrogens with zero attached hydrogens (tertiary/aromatic N) is 3. The molecule has 0 spiro atoms. The Hall–Kier alpha value is -2.27. The molecule has 0 saturated carbocycles. The molecule has 2 atom stereocenters. The van der Waals surface area contributed by atoms with E-state index < -0.39 is 5.97 Å². The zero-order chi connectivity index (χ0) is 16.9. The summed E-state index contributed by atoms with van der Waals surface area (Å²) in [5.74, 6) is -0.997. The van der Waals surface area contributed by atoms with Gasteiger partial charge in [-0.15, -0.1) is 0 Å². The highest BCUT2D eigenvalue weighted by atomic mass is 16.4. The topological polar surface area (TPSA) is 66.3 Å². The van der Waals surface area contributed by atoms with Gasteiger partial charge in [-0.2, -0.15) is 0 Å². The van der Waals surface area contributed by atoms with Gasteiger partial charge in [-0.05, 0) is 50.1 Å². The maximum Gasteiger partial charge on any atom is 0.307 e. The summed E-state index contributed by atoms with van der Waals surface area (Å²) in [6.45, 7) is 3.53.